The molecular formula is C16H20N6. The summed E-state index contributed by atoms with van der Waals surface area (Å²) < 4.78 is 0. The van der Waals surface area contributed by atoms with Crippen molar-refractivity contribution < 1.29 is 0 Å². The van der Waals surface area contributed by atoms with E-state index in [1.807, 2.05) is 6.07 Å². The molecule has 3 aromatic rings. The van der Waals surface area contributed by atoms with Gasteiger partial charge in [0.05, 0.1) is 17.4 Å². The molecule has 4 rings (SSSR count). The fourth-order valence-electron chi connectivity index (χ4n) is 3.24. The molecule has 114 valence electrons. The number of rotatable bonds is 2. The fraction of sp³-hybridized carbons (Fsp3) is 0.375. The summed E-state index contributed by atoms with van der Waals surface area (Å²) in [7, 11) is 2.16. The minimum absolute atomic E-state index is 0.438. The van der Waals surface area contributed by atoms with E-state index in [0.29, 0.717) is 11.9 Å². The summed E-state index contributed by atoms with van der Waals surface area (Å²) >= 11 is 0. The first kappa shape index (κ1) is 13.3. The van der Waals surface area contributed by atoms with E-state index in [-0.39, 0.29) is 0 Å². The van der Waals surface area contributed by atoms with Gasteiger partial charge in [0.25, 0.3) is 0 Å². The highest BCUT2D eigenvalue weighted by Crippen LogP contribution is 2.34. The van der Waals surface area contributed by atoms with Crippen molar-refractivity contribution in [1.29, 1.82) is 0 Å². The van der Waals surface area contributed by atoms with Crippen LogP contribution >= 0.6 is 0 Å². The smallest absolute Gasteiger partial charge is 0.147 e. The minimum Gasteiger partial charge on any atom is -0.382 e. The second kappa shape index (κ2) is 5.14. The van der Waals surface area contributed by atoms with Crippen molar-refractivity contribution in [2.24, 2.45) is 0 Å². The Morgan fingerprint density at radius 3 is 2.95 bits per heavy atom. The zero-order valence-electron chi connectivity index (χ0n) is 12.6. The third-order valence-corrected chi connectivity index (χ3v) is 4.51. The van der Waals surface area contributed by atoms with E-state index in [1.54, 1.807) is 12.4 Å². The van der Waals surface area contributed by atoms with E-state index in [9.17, 15) is 0 Å². The van der Waals surface area contributed by atoms with Gasteiger partial charge in [-0.25, -0.2) is 9.97 Å². The molecule has 1 aliphatic heterocycles. The number of hydrogen-bond acceptors (Lipinski definition) is 5. The Balaban J connectivity index is 1.80. The Labute approximate surface area is 128 Å². The van der Waals surface area contributed by atoms with Crippen LogP contribution in [-0.4, -0.2) is 46.0 Å². The molecule has 6 nitrogen and oxygen atoms in total. The van der Waals surface area contributed by atoms with Crippen LogP contribution in [0.3, 0.4) is 0 Å². The summed E-state index contributed by atoms with van der Waals surface area (Å²) in [4.78, 5) is 14.4. The number of fused-ring (bicyclic) bond motifs is 3. The van der Waals surface area contributed by atoms with E-state index >= 15 is 0 Å². The SMILES string of the molecule is CN1CCC(Nc2c(N)ncc3[nH]c4ncccc4c23)CC1. The van der Waals surface area contributed by atoms with E-state index in [0.717, 1.165) is 53.6 Å². The molecule has 22 heavy (non-hydrogen) atoms. The Morgan fingerprint density at radius 1 is 1.32 bits per heavy atom. The van der Waals surface area contributed by atoms with Crippen LogP contribution in [0.1, 0.15) is 12.8 Å². The van der Waals surface area contributed by atoms with Crippen LogP contribution in [-0.2, 0) is 0 Å². The van der Waals surface area contributed by atoms with Crippen molar-refractivity contribution in [3.8, 4) is 0 Å². The predicted molar refractivity (Wildman–Crippen MR) is 89.9 cm³/mol. The number of anilines is 2. The lowest BCUT2D eigenvalue weighted by Crippen LogP contribution is -2.36. The first-order valence-electron chi connectivity index (χ1n) is 7.68. The van der Waals surface area contributed by atoms with Gasteiger partial charge in [0, 0.05) is 23.0 Å². The molecule has 0 spiro atoms. The monoisotopic (exact) mass is 296 g/mol. The van der Waals surface area contributed by atoms with Crippen LogP contribution in [0, 0.1) is 0 Å². The van der Waals surface area contributed by atoms with Crippen molar-refractivity contribution in [3.63, 3.8) is 0 Å². The fourth-order valence-corrected chi connectivity index (χ4v) is 3.24. The van der Waals surface area contributed by atoms with E-state index in [2.05, 4.69) is 38.3 Å². The molecule has 3 aromatic heterocycles. The Kier molecular flexibility index (Phi) is 3.11. The topological polar surface area (TPSA) is 82.9 Å². The maximum Gasteiger partial charge on any atom is 0.147 e. The molecule has 0 radical (unpaired) electrons. The van der Waals surface area contributed by atoms with Crippen LogP contribution in [0.25, 0.3) is 21.9 Å². The van der Waals surface area contributed by atoms with E-state index < -0.39 is 0 Å². The van der Waals surface area contributed by atoms with Crippen molar-refractivity contribution in [2.45, 2.75) is 18.9 Å². The number of aromatic amines is 1. The van der Waals surface area contributed by atoms with Gasteiger partial charge in [-0.2, -0.15) is 0 Å². The van der Waals surface area contributed by atoms with Crippen LogP contribution in [0.2, 0.25) is 0 Å². The van der Waals surface area contributed by atoms with Crippen LogP contribution in [0.4, 0.5) is 11.5 Å². The number of aromatic nitrogens is 3. The van der Waals surface area contributed by atoms with Crippen LogP contribution in [0.15, 0.2) is 24.5 Å². The molecule has 0 amide bonds. The van der Waals surface area contributed by atoms with Gasteiger partial charge in [-0.05, 0) is 45.1 Å². The number of likely N-dealkylation sites (tertiary alicyclic amines) is 1. The first-order chi connectivity index (χ1) is 10.7. The molecule has 1 fully saturated rings. The molecule has 6 heteroatoms. The van der Waals surface area contributed by atoms with Crippen molar-refractivity contribution >= 4 is 33.4 Å². The summed E-state index contributed by atoms with van der Waals surface area (Å²) in [5.74, 6) is 0.552. The number of nitrogens with one attached hydrogen (secondary N) is 2. The molecule has 0 bridgehead atoms. The lowest BCUT2D eigenvalue weighted by Gasteiger charge is -2.30. The summed E-state index contributed by atoms with van der Waals surface area (Å²) in [6.07, 6.45) is 5.81. The van der Waals surface area contributed by atoms with Crippen molar-refractivity contribution in [1.82, 2.24) is 19.9 Å². The van der Waals surface area contributed by atoms with Gasteiger partial charge in [-0.15, -0.1) is 0 Å². The van der Waals surface area contributed by atoms with Crippen LogP contribution in [0.5, 0.6) is 0 Å². The first-order valence-corrected chi connectivity index (χ1v) is 7.68. The number of nitrogen functional groups attached to an aromatic ring is 1. The summed E-state index contributed by atoms with van der Waals surface area (Å²) in [6, 6.07) is 4.46. The number of nitrogens with zero attached hydrogens (tertiary/aromatic N) is 3. The van der Waals surface area contributed by atoms with E-state index in [1.165, 1.54) is 0 Å². The molecular weight excluding hydrogens is 276 g/mol. The maximum absolute atomic E-state index is 6.16. The summed E-state index contributed by atoms with van der Waals surface area (Å²) in [5, 5.41) is 5.81. The summed E-state index contributed by atoms with van der Waals surface area (Å²) in [5.41, 5.74) is 8.94. The second-order valence-corrected chi connectivity index (χ2v) is 6.05. The lowest BCUT2D eigenvalue weighted by molar-refractivity contribution is 0.264. The van der Waals surface area contributed by atoms with Crippen LogP contribution < -0.4 is 11.1 Å². The molecule has 0 aliphatic carbocycles. The van der Waals surface area contributed by atoms with Gasteiger partial charge in [-0.3, -0.25) is 0 Å². The standard InChI is InChI=1S/C16H20N6/c1-22-7-4-10(5-8-22)20-14-13-11-3-2-6-18-16(11)21-12(13)9-19-15(14)17/h2-3,6,9-10,20H,4-5,7-8H2,1H3,(H2,17,19)(H,18,21). The number of nitrogens with two attached hydrogens (primary N) is 1. The van der Waals surface area contributed by atoms with Gasteiger partial charge < -0.3 is 20.9 Å². The van der Waals surface area contributed by atoms with Gasteiger partial charge in [0.2, 0.25) is 0 Å². The van der Waals surface area contributed by atoms with Gasteiger partial charge in [0.1, 0.15) is 11.5 Å². The minimum atomic E-state index is 0.438. The molecule has 0 unspecified atom stereocenters. The predicted octanol–water partition coefficient (Wildman–Crippen LogP) is 2.20. The quantitative estimate of drug-likeness (QED) is 0.675. The molecule has 4 heterocycles. The lowest BCUT2D eigenvalue weighted by atomic mass is 10.0. The highest BCUT2D eigenvalue weighted by molar-refractivity contribution is 6.14. The number of H-pyrrole nitrogens is 1. The molecule has 1 aliphatic rings. The number of hydrogen-bond donors (Lipinski definition) is 3. The molecule has 1 saturated heterocycles. The average molecular weight is 296 g/mol. The Morgan fingerprint density at radius 2 is 2.14 bits per heavy atom. The largest absolute Gasteiger partial charge is 0.382 e. The van der Waals surface area contributed by atoms with Crippen molar-refractivity contribution in [3.05, 3.63) is 24.5 Å². The third kappa shape index (κ3) is 2.16. The van der Waals surface area contributed by atoms with Gasteiger partial charge in [0.15, 0.2) is 0 Å². The molecule has 4 N–H and O–H groups in total. The van der Waals surface area contributed by atoms with Gasteiger partial charge >= 0.3 is 0 Å². The Hall–Kier alpha value is -2.34. The zero-order chi connectivity index (χ0) is 15.1. The van der Waals surface area contributed by atoms with E-state index in [4.69, 9.17) is 5.73 Å². The second-order valence-electron chi connectivity index (χ2n) is 6.05. The number of piperidine rings is 1. The normalized spacial score (nSPS) is 17.3. The highest BCUT2D eigenvalue weighted by atomic mass is 15.1. The maximum atomic E-state index is 6.16. The average Bonchev–Trinajstić information content (AvgIpc) is 2.91. The molecule has 0 saturated carbocycles. The number of pyridine rings is 2. The zero-order valence-corrected chi connectivity index (χ0v) is 12.6. The Bertz CT molecular complexity index is 816. The highest BCUT2D eigenvalue weighted by Gasteiger charge is 2.20. The van der Waals surface area contributed by atoms with Crippen molar-refractivity contribution in [2.75, 3.05) is 31.2 Å². The summed E-state index contributed by atoms with van der Waals surface area (Å²) in [6.45, 7) is 2.22. The third-order valence-electron chi connectivity index (χ3n) is 4.51. The molecule has 0 aromatic carbocycles. The van der Waals surface area contributed by atoms with Gasteiger partial charge in [-0.1, -0.05) is 0 Å². The molecule has 0 atom stereocenters.